The Labute approximate surface area is 98.5 Å². The molecule has 1 amide bonds. The van der Waals surface area contributed by atoms with Gasteiger partial charge in [-0.05, 0) is 12.1 Å². The molecule has 0 unspecified atom stereocenters. The molecule has 17 heavy (non-hydrogen) atoms. The van der Waals surface area contributed by atoms with Gasteiger partial charge in [-0.3, -0.25) is 4.79 Å². The van der Waals surface area contributed by atoms with Gasteiger partial charge in [-0.15, -0.1) is 6.58 Å². The smallest absolute Gasteiger partial charge is 0.222 e. The summed E-state index contributed by atoms with van der Waals surface area (Å²) in [7, 11) is 0. The molecule has 2 N–H and O–H groups in total. The maximum atomic E-state index is 13.2. The van der Waals surface area contributed by atoms with Crippen LogP contribution in [0.15, 0.2) is 30.9 Å². The first-order valence-electron chi connectivity index (χ1n) is 5.20. The molecule has 0 aliphatic heterocycles. The molecule has 1 aromatic rings. The zero-order chi connectivity index (χ0) is 12.7. The minimum atomic E-state index is -0.670. The van der Waals surface area contributed by atoms with Crippen molar-refractivity contribution in [1.29, 1.82) is 0 Å². The van der Waals surface area contributed by atoms with Crippen LogP contribution >= 0.6 is 0 Å². The molecule has 1 aromatic carbocycles. The van der Waals surface area contributed by atoms with Gasteiger partial charge in [-0.25, -0.2) is 8.78 Å². The van der Waals surface area contributed by atoms with Crippen LogP contribution in [0.1, 0.15) is 6.42 Å². The Morgan fingerprint density at radius 3 is 2.82 bits per heavy atom. The van der Waals surface area contributed by atoms with Crippen molar-refractivity contribution in [3.63, 3.8) is 0 Å². The lowest BCUT2D eigenvalue weighted by Crippen LogP contribution is -2.25. The van der Waals surface area contributed by atoms with E-state index in [0.29, 0.717) is 6.54 Å². The molecule has 5 heteroatoms. The highest BCUT2D eigenvalue weighted by Crippen LogP contribution is 2.14. The summed E-state index contributed by atoms with van der Waals surface area (Å²) < 4.78 is 25.8. The number of halogens is 2. The van der Waals surface area contributed by atoms with Crippen LogP contribution in [-0.4, -0.2) is 19.0 Å². The van der Waals surface area contributed by atoms with Crippen molar-refractivity contribution in [1.82, 2.24) is 5.32 Å². The number of rotatable bonds is 6. The Balaban J connectivity index is 2.35. The molecule has 0 saturated heterocycles. The van der Waals surface area contributed by atoms with Crippen molar-refractivity contribution in [2.45, 2.75) is 6.42 Å². The highest BCUT2D eigenvalue weighted by Gasteiger charge is 2.04. The van der Waals surface area contributed by atoms with E-state index in [9.17, 15) is 13.6 Å². The van der Waals surface area contributed by atoms with Crippen LogP contribution < -0.4 is 10.6 Å². The topological polar surface area (TPSA) is 41.1 Å². The molecule has 1 rings (SSSR count). The van der Waals surface area contributed by atoms with Crippen LogP contribution in [0.25, 0.3) is 0 Å². The van der Waals surface area contributed by atoms with Crippen LogP contribution in [-0.2, 0) is 4.79 Å². The third-order valence-electron chi connectivity index (χ3n) is 2.04. The molecule has 0 saturated carbocycles. The van der Waals surface area contributed by atoms with Crippen LogP contribution in [0.2, 0.25) is 0 Å². The summed E-state index contributed by atoms with van der Waals surface area (Å²) in [6.07, 6.45) is 1.79. The van der Waals surface area contributed by atoms with Crippen LogP contribution in [0.5, 0.6) is 0 Å². The average Bonchev–Trinajstić information content (AvgIpc) is 2.29. The minimum Gasteiger partial charge on any atom is -0.382 e. The van der Waals surface area contributed by atoms with E-state index in [1.807, 2.05) is 0 Å². The van der Waals surface area contributed by atoms with Gasteiger partial charge in [0.05, 0.1) is 5.69 Å². The first kappa shape index (κ1) is 13.2. The van der Waals surface area contributed by atoms with E-state index < -0.39 is 11.6 Å². The average molecular weight is 240 g/mol. The first-order chi connectivity index (χ1) is 8.13. The van der Waals surface area contributed by atoms with E-state index in [1.54, 1.807) is 6.08 Å². The largest absolute Gasteiger partial charge is 0.382 e. The van der Waals surface area contributed by atoms with Gasteiger partial charge >= 0.3 is 0 Å². The Morgan fingerprint density at radius 1 is 1.41 bits per heavy atom. The van der Waals surface area contributed by atoms with E-state index in [0.717, 1.165) is 12.1 Å². The predicted molar refractivity (Wildman–Crippen MR) is 62.7 cm³/mol. The molecule has 0 atom stereocenters. The van der Waals surface area contributed by atoms with E-state index >= 15 is 0 Å². The highest BCUT2D eigenvalue weighted by molar-refractivity contribution is 5.76. The van der Waals surface area contributed by atoms with Crippen molar-refractivity contribution in [2.24, 2.45) is 0 Å². The lowest BCUT2D eigenvalue weighted by Gasteiger charge is -2.07. The Hall–Kier alpha value is -1.91. The van der Waals surface area contributed by atoms with E-state index in [4.69, 9.17) is 0 Å². The minimum absolute atomic E-state index is 0.153. The van der Waals surface area contributed by atoms with Crippen molar-refractivity contribution in [3.05, 3.63) is 42.5 Å². The van der Waals surface area contributed by atoms with E-state index in [-0.39, 0.29) is 24.6 Å². The second kappa shape index (κ2) is 6.62. The Bertz CT molecular complexity index is 407. The normalized spacial score (nSPS) is 9.76. The highest BCUT2D eigenvalue weighted by atomic mass is 19.1. The van der Waals surface area contributed by atoms with Gasteiger partial charge in [-0.1, -0.05) is 6.08 Å². The fraction of sp³-hybridized carbons (Fsp3) is 0.250. The van der Waals surface area contributed by atoms with Crippen molar-refractivity contribution >= 4 is 11.6 Å². The first-order valence-corrected chi connectivity index (χ1v) is 5.20. The third-order valence-corrected chi connectivity index (χ3v) is 2.04. The van der Waals surface area contributed by atoms with Crippen LogP contribution in [0, 0.1) is 11.6 Å². The van der Waals surface area contributed by atoms with Gasteiger partial charge in [0.1, 0.15) is 11.6 Å². The number of benzene rings is 1. The molecule has 0 radical (unpaired) electrons. The fourth-order valence-electron chi connectivity index (χ4n) is 1.22. The molecule has 0 aliphatic rings. The quantitative estimate of drug-likeness (QED) is 0.747. The van der Waals surface area contributed by atoms with Crippen molar-refractivity contribution in [3.8, 4) is 0 Å². The number of anilines is 1. The number of nitrogens with one attached hydrogen (secondary N) is 2. The van der Waals surface area contributed by atoms with Crippen LogP contribution in [0.3, 0.4) is 0 Å². The van der Waals surface area contributed by atoms with Gasteiger partial charge in [0.2, 0.25) is 5.91 Å². The van der Waals surface area contributed by atoms with Gasteiger partial charge in [0, 0.05) is 25.6 Å². The number of carbonyl (C=O) groups excluding carboxylic acids is 1. The van der Waals surface area contributed by atoms with E-state index in [2.05, 4.69) is 17.2 Å². The van der Waals surface area contributed by atoms with Gasteiger partial charge < -0.3 is 10.6 Å². The second-order valence-electron chi connectivity index (χ2n) is 3.39. The number of carbonyl (C=O) groups is 1. The standard InChI is InChI=1S/C12H14F2N2O/c1-2-6-16-12(17)5-7-15-11-4-3-9(13)8-10(11)14/h2-4,8,15H,1,5-7H2,(H,16,17). The second-order valence-corrected chi connectivity index (χ2v) is 3.39. The number of hydrogen-bond donors (Lipinski definition) is 2. The molecule has 0 fully saturated rings. The SMILES string of the molecule is C=CCNC(=O)CCNc1ccc(F)cc1F. The molecular formula is C12H14F2N2O. The van der Waals surface area contributed by atoms with Crippen molar-refractivity contribution in [2.75, 3.05) is 18.4 Å². The third kappa shape index (κ3) is 4.63. The number of hydrogen-bond acceptors (Lipinski definition) is 2. The summed E-state index contributed by atoms with van der Waals surface area (Å²) in [5.41, 5.74) is 0.183. The molecule has 0 heterocycles. The molecule has 92 valence electrons. The Morgan fingerprint density at radius 2 is 2.18 bits per heavy atom. The molecular weight excluding hydrogens is 226 g/mol. The zero-order valence-electron chi connectivity index (χ0n) is 9.30. The summed E-state index contributed by atoms with van der Waals surface area (Å²) in [6.45, 7) is 4.15. The van der Waals surface area contributed by atoms with Gasteiger partial charge in [0.15, 0.2) is 0 Å². The lowest BCUT2D eigenvalue weighted by molar-refractivity contribution is -0.120. The monoisotopic (exact) mass is 240 g/mol. The van der Waals surface area contributed by atoms with Gasteiger partial charge in [0.25, 0.3) is 0 Å². The molecule has 0 bridgehead atoms. The van der Waals surface area contributed by atoms with Gasteiger partial charge in [-0.2, -0.15) is 0 Å². The summed E-state index contributed by atoms with van der Waals surface area (Å²) in [5, 5.41) is 5.31. The summed E-state index contributed by atoms with van der Waals surface area (Å²) in [5.74, 6) is -1.45. The molecule has 0 aliphatic carbocycles. The predicted octanol–water partition coefficient (Wildman–Crippen LogP) is 2.07. The molecule has 3 nitrogen and oxygen atoms in total. The lowest BCUT2D eigenvalue weighted by atomic mass is 10.3. The van der Waals surface area contributed by atoms with Crippen molar-refractivity contribution < 1.29 is 13.6 Å². The maximum absolute atomic E-state index is 13.2. The maximum Gasteiger partial charge on any atom is 0.222 e. The Kier molecular flexibility index (Phi) is 5.13. The van der Waals surface area contributed by atoms with Crippen LogP contribution in [0.4, 0.5) is 14.5 Å². The molecule has 0 aromatic heterocycles. The fourth-order valence-corrected chi connectivity index (χ4v) is 1.22. The zero-order valence-corrected chi connectivity index (χ0v) is 9.30. The summed E-state index contributed by atoms with van der Waals surface area (Å²) >= 11 is 0. The van der Waals surface area contributed by atoms with E-state index in [1.165, 1.54) is 6.07 Å². The molecule has 0 spiro atoms. The summed E-state index contributed by atoms with van der Waals surface area (Å²) in [4.78, 5) is 11.2. The number of amides is 1. The summed E-state index contributed by atoms with van der Waals surface area (Å²) in [6, 6.07) is 3.25.